The third-order valence-corrected chi connectivity index (χ3v) is 8.86. The Balaban J connectivity index is 0.000000174. The van der Waals surface area contributed by atoms with Crippen molar-refractivity contribution in [2.75, 3.05) is 13.1 Å². The molecule has 0 bridgehead atoms. The van der Waals surface area contributed by atoms with Gasteiger partial charge in [-0.15, -0.1) is 0 Å². The summed E-state index contributed by atoms with van der Waals surface area (Å²) in [5, 5.41) is 39.1. The summed E-state index contributed by atoms with van der Waals surface area (Å²) in [5.74, 6) is 0.398. The van der Waals surface area contributed by atoms with Crippen LogP contribution in [0.1, 0.15) is 68.9 Å². The van der Waals surface area contributed by atoms with Crippen LogP contribution in [-0.2, 0) is 0 Å². The van der Waals surface area contributed by atoms with Gasteiger partial charge in [-0.3, -0.25) is 4.79 Å². The van der Waals surface area contributed by atoms with E-state index >= 15 is 0 Å². The zero-order valence-corrected chi connectivity index (χ0v) is 33.7. The van der Waals surface area contributed by atoms with E-state index in [0.717, 1.165) is 0 Å². The van der Waals surface area contributed by atoms with Gasteiger partial charge in [0.05, 0.1) is 5.56 Å². The van der Waals surface area contributed by atoms with E-state index < -0.39 is 18.2 Å². The number of hydrogen-bond acceptors (Lipinski definition) is 15. The van der Waals surface area contributed by atoms with Crippen LogP contribution in [0.3, 0.4) is 0 Å². The van der Waals surface area contributed by atoms with Crippen molar-refractivity contribution in [3.63, 3.8) is 0 Å². The molecule has 0 aliphatic carbocycles. The predicted molar refractivity (Wildman–Crippen MR) is 220 cm³/mol. The number of halogens is 2. The number of hydrogen-bond donors (Lipinski definition) is 5. The molecule has 0 radical (unpaired) electrons. The number of nitrogens with one attached hydrogen (secondary N) is 1. The van der Waals surface area contributed by atoms with E-state index in [-0.39, 0.29) is 42.0 Å². The van der Waals surface area contributed by atoms with Crippen LogP contribution in [0.25, 0.3) is 45.7 Å². The number of aromatic nitrogens is 6. The molecule has 4 heterocycles. The van der Waals surface area contributed by atoms with E-state index in [1.165, 1.54) is 48.9 Å². The Hall–Kier alpha value is -7.74. The summed E-state index contributed by atoms with van der Waals surface area (Å²) < 4.78 is 46.1. The molecule has 8 rings (SSSR count). The van der Waals surface area contributed by atoms with Crippen molar-refractivity contribution in [3.8, 4) is 45.7 Å². The number of aryl methyl sites for hydroxylation is 2. The molecule has 2 unspecified atom stereocenters. The number of amides is 1. The molecule has 0 aliphatic rings. The first-order valence-electron chi connectivity index (χ1n) is 19.2. The van der Waals surface area contributed by atoms with Gasteiger partial charge < -0.3 is 44.3 Å². The molecule has 19 heteroatoms. The molecule has 1 amide bonds. The van der Waals surface area contributed by atoms with Crippen molar-refractivity contribution in [1.29, 1.82) is 0 Å². The molecule has 324 valence electrons. The number of aliphatic hydroxyl groups excluding tert-OH is 2. The lowest BCUT2D eigenvalue weighted by atomic mass is 10.1. The second-order valence-electron chi connectivity index (χ2n) is 13.6. The topological polar surface area (TPSA) is 263 Å². The number of carbonyl (C=O) groups is 2. The third-order valence-electron chi connectivity index (χ3n) is 8.86. The number of nitrogens with two attached hydrogens (primary N) is 1. The number of nitrogens with zero attached hydrogens (tertiary/aromatic N) is 6. The Kier molecular flexibility index (Phi) is 15.1. The molecular weight excluding hydrogens is 823 g/mol. The van der Waals surface area contributed by atoms with Crippen molar-refractivity contribution < 1.29 is 51.6 Å². The molecule has 63 heavy (non-hydrogen) atoms. The van der Waals surface area contributed by atoms with Gasteiger partial charge in [-0.2, -0.15) is 9.97 Å². The largest absolute Gasteiger partial charge is 0.478 e. The Bertz CT molecular complexity index is 2730. The minimum Gasteiger partial charge on any atom is -0.478 e. The van der Waals surface area contributed by atoms with E-state index in [2.05, 4.69) is 35.6 Å². The second-order valence-corrected chi connectivity index (χ2v) is 13.6. The number of carboxylic acids is 1. The fourth-order valence-corrected chi connectivity index (χ4v) is 5.63. The van der Waals surface area contributed by atoms with E-state index in [4.69, 9.17) is 28.7 Å². The van der Waals surface area contributed by atoms with E-state index in [0.29, 0.717) is 81.5 Å². The van der Waals surface area contributed by atoms with E-state index in [1.807, 2.05) is 0 Å². The second kappa shape index (κ2) is 21.2. The smallest absolute Gasteiger partial charge is 0.335 e. The highest BCUT2D eigenvalue weighted by Gasteiger charge is 2.17. The number of carbonyl (C=O) groups excluding carboxylic acids is 1. The maximum absolute atomic E-state index is 13.0. The minimum atomic E-state index is -0.975. The third kappa shape index (κ3) is 12.4. The standard InChI is InChI=1S/C22H19FN4O4.C12H13FN2O2.C10H8N2O3/c1-13-25-20(27-31-13)15-3-2-4-16(11-15)21(29)24-10-9-19(28)18-12-30-22(26-18)14-5-7-17(23)8-6-14;13-9-3-1-8(2-4-9)12-15-10(7-17-12)11(16)5-6-14;1-6-11-9(12-15-6)7-3-2-4-8(5-7)10(13)14/h2-8,11-12,19,28H,9-10H2,1H3,(H,24,29);1-4,7,11,16H,5-6,14H2;2-5H,1H3,(H,13,14). The lowest BCUT2D eigenvalue weighted by molar-refractivity contribution is 0.0696. The van der Waals surface area contributed by atoms with Crippen LogP contribution in [-0.4, -0.2) is 70.5 Å². The Morgan fingerprint density at radius 3 is 1.56 bits per heavy atom. The minimum absolute atomic E-state index is 0.204. The fourth-order valence-electron chi connectivity index (χ4n) is 5.63. The van der Waals surface area contributed by atoms with Crippen LogP contribution in [0.4, 0.5) is 8.78 Å². The number of oxazole rings is 2. The van der Waals surface area contributed by atoms with Gasteiger partial charge >= 0.3 is 5.97 Å². The van der Waals surface area contributed by atoms with Gasteiger partial charge in [0.2, 0.25) is 35.2 Å². The van der Waals surface area contributed by atoms with Gasteiger partial charge in [0.25, 0.3) is 5.91 Å². The summed E-state index contributed by atoms with van der Waals surface area (Å²) in [5.41, 5.74) is 9.32. The van der Waals surface area contributed by atoms with Gasteiger partial charge in [0.1, 0.15) is 47.8 Å². The fraction of sp³-hybridized carbons (Fsp3) is 0.182. The van der Waals surface area contributed by atoms with E-state index in [1.54, 1.807) is 74.5 Å². The van der Waals surface area contributed by atoms with Gasteiger partial charge in [-0.25, -0.2) is 23.5 Å². The van der Waals surface area contributed by atoms with Gasteiger partial charge in [0, 0.05) is 48.2 Å². The Labute approximate surface area is 357 Å². The van der Waals surface area contributed by atoms with Crippen LogP contribution < -0.4 is 11.1 Å². The average Bonchev–Trinajstić information content (AvgIpc) is 4.14. The summed E-state index contributed by atoms with van der Waals surface area (Å²) in [4.78, 5) is 39.7. The molecule has 0 spiro atoms. The first kappa shape index (κ1) is 44.8. The number of rotatable bonds is 13. The number of aliphatic hydroxyl groups is 2. The van der Waals surface area contributed by atoms with Crippen molar-refractivity contribution in [2.45, 2.75) is 38.9 Å². The first-order chi connectivity index (χ1) is 30.4. The summed E-state index contributed by atoms with van der Waals surface area (Å²) in [6, 6.07) is 24.8. The van der Waals surface area contributed by atoms with Crippen molar-refractivity contribution >= 4 is 11.9 Å². The maximum Gasteiger partial charge on any atom is 0.335 e. The van der Waals surface area contributed by atoms with E-state index in [9.17, 15) is 28.6 Å². The predicted octanol–water partition coefficient (Wildman–Crippen LogP) is 7.30. The molecule has 0 aliphatic heterocycles. The van der Waals surface area contributed by atoms with Gasteiger partial charge in [-0.05, 0) is 92.2 Å². The molecular formula is C44H40F2N8O9. The molecule has 4 aromatic heterocycles. The zero-order valence-electron chi connectivity index (χ0n) is 33.7. The lowest BCUT2D eigenvalue weighted by Gasteiger charge is -2.09. The number of benzene rings is 4. The monoisotopic (exact) mass is 862 g/mol. The highest BCUT2D eigenvalue weighted by molar-refractivity contribution is 5.95. The summed E-state index contributed by atoms with van der Waals surface area (Å²) in [6.45, 7) is 3.97. The SMILES string of the molecule is Cc1nc(-c2cccc(C(=O)NCCC(O)c3coc(-c4ccc(F)cc4)n3)c2)no1.Cc1nc(-c2cccc(C(=O)O)c2)no1.NCCC(O)c1coc(-c2ccc(F)cc2)n1. The van der Waals surface area contributed by atoms with Crippen molar-refractivity contribution in [1.82, 2.24) is 35.6 Å². The summed E-state index contributed by atoms with van der Waals surface area (Å²) in [6.07, 6.45) is 1.76. The van der Waals surface area contributed by atoms with Gasteiger partial charge in [0.15, 0.2) is 0 Å². The number of aromatic carboxylic acids is 1. The molecule has 2 atom stereocenters. The normalized spacial score (nSPS) is 11.7. The van der Waals surface area contributed by atoms with Crippen molar-refractivity contribution in [3.05, 3.63) is 156 Å². The molecule has 0 fully saturated rings. The Morgan fingerprint density at radius 2 is 1.11 bits per heavy atom. The summed E-state index contributed by atoms with van der Waals surface area (Å²) >= 11 is 0. The number of carboxylic acid groups (broad SMARTS) is 1. The lowest BCUT2D eigenvalue weighted by Crippen LogP contribution is -2.25. The molecule has 6 N–H and O–H groups in total. The first-order valence-corrected chi connectivity index (χ1v) is 19.2. The van der Waals surface area contributed by atoms with Gasteiger partial charge in [-0.1, -0.05) is 34.6 Å². The highest BCUT2D eigenvalue weighted by atomic mass is 19.1. The average molecular weight is 863 g/mol. The van der Waals surface area contributed by atoms with Crippen LogP contribution in [0.15, 0.2) is 127 Å². The molecule has 0 saturated heterocycles. The highest BCUT2D eigenvalue weighted by Crippen LogP contribution is 2.25. The van der Waals surface area contributed by atoms with Crippen molar-refractivity contribution in [2.24, 2.45) is 5.73 Å². The maximum atomic E-state index is 13.0. The molecule has 0 saturated carbocycles. The Morgan fingerprint density at radius 1 is 0.651 bits per heavy atom. The zero-order chi connectivity index (χ0) is 44.9. The quantitative estimate of drug-likeness (QED) is 0.0761. The molecule has 17 nitrogen and oxygen atoms in total. The molecule has 4 aromatic carbocycles. The summed E-state index contributed by atoms with van der Waals surface area (Å²) in [7, 11) is 0. The van der Waals surface area contributed by atoms with Crippen LogP contribution in [0.5, 0.6) is 0 Å². The molecule has 8 aromatic rings. The van der Waals surface area contributed by atoms with Crippen LogP contribution in [0, 0.1) is 25.5 Å². The van der Waals surface area contributed by atoms with Crippen LogP contribution >= 0.6 is 0 Å². The van der Waals surface area contributed by atoms with Crippen LogP contribution in [0.2, 0.25) is 0 Å².